The summed E-state index contributed by atoms with van der Waals surface area (Å²) >= 11 is 6.56. The maximum Gasteiger partial charge on any atom is 0.266 e. The van der Waals surface area contributed by atoms with Crippen LogP contribution >= 0.6 is 24.0 Å². The van der Waals surface area contributed by atoms with E-state index in [1.807, 2.05) is 37.3 Å². The average Bonchev–Trinajstić information content (AvgIpc) is 2.95. The van der Waals surface area contributed by atoms with Crippen molar-refractivity contribution < 1.29 is 14.4 Å². The fraction of sp³-hybridized carbons (Fsp3) is 0.182. The fourth-order valence-corrected chi connectivity index (χ4v) is 4.04. The number of aryl methyl sites for hydroxylation is 1. The maximum absolute atomic E-state index is 12.6. The van der Waals surface area contributed by atoms with Crippen LogP contribution in [-0.4, -0.2) is 33.4 Å². The smallest absolute Gasteiger partial charge is 0.266 e. The van der Waals surface area contributed by atoms with Crippen LogP contribution in [0.3, 0.4) is 0 Å². The Bertz CT molecular complexity index is 996. The van der Waals surface area contributed by atoms with E-state index in [1.165, 1.54) is 23.6 Å². The summed E-state index contributed by atoms with van der Waals surface area (Å²) in [5, 5.41) is 2.77. The second kappa shape index (κ2) is 9.15. The largest absolute Gasteiger partial charge is 0.326 e. The van der Waals surface area contributed by atoms with Gasteiger partial charge in [-0.05, 0) is 49.8 Å². The molecule has 2 aromatic rings. The summed E-state index contributed by atoms with van der Waals surface area (Å²) in [5.41, 5.74) is 3.27. The Balaban J connectivity index is 1.57. The first-order chi connectivity index (χ1) is 13.8. The summed E-state index contributed by atoms with van der Waals surface area (Å²) < 4.78 is 0.451. The lowest BCUT2D eigenvalue weighted by Gasteiger charge is -2.14. The number of nitrogens with one attached hydrogen (secondary N) is 1. The number of nitrogens with zero attached hydrogens (tertiary/aromatic N) is 1. The van der Waals surface area contributed by atoms with E-state index in [2.05, 4.69) is 5.32 Å². The van der Waals surface area contributed by atoms with E-state index in [9.17, 15) is 14.4 Å². The molecule has 1 heterocycles. The lowest BCUT2D eigenvalue weighted by molar-refractivity contribution is -0.122. The molecule has 7 heteroatoms. The summed E-state index contributed by atoms with van der Waals surface area (Å²) in [4.78, 5) is 38.2. The van der Waals surface area contributed by atoms with Gasteiger partial charge in [0.15, 0.2) is 5.78 Å². The molecule has 0 radical (unpaired) electrons. The molecule has 5 nitrogen and oxygen atoms in total. The van der Waals surface area contributed by atoms with Gasteiger partial charge in [-0.3, -0.25) is 19.3 Å². The number of Topliss-reactive ketones (excluding diaryl/α,β-unsaturated/α-hetero) is 1. The fourth-order valence-electron chi connectivity index (χ4n) is 2.73. The molecule has 2 amide bonds. The Labute approximate surface area is 179 Å². The summed E-state index contributed by atoms with van der Waals surface area (Å²) in [5.74, 6) is -0.438. The predicted octanol–water partition coefficient (Wildman–Crippen LogP) is 4.43. The number of hydrogen-bond donors (Lipinski definition) is 1. The number of amides is 2. The Morgan fingerprint density at radius 1 is 1.10 bits per heavy atom. The van der Waals surface area contributed by atoms with E-state index >= 15 is 0 Å². The first kappa shape index (κ1) is 21.0. The Kier molecular flexibility index (Phi) is 6.61. The maximum atomic E-state index is 12.6. The van der Waals surface area contributed by atoms with Crippen molar-refractivity contribution in [2.75, 3.05) is 11.9 Å². The van der Waals surface area contributed by atoms with Gasteiger partial charge in [-0.1, -0.05) is 53.8 Å². The van der Waals surface area contributed by atoms with Crippen LogP contribution in [-0.2, 0) is 9.59 Å². The van der Waals surface area contributed by atoms with Gasteiger partial charge >= 0.3 is 0 Å². The van der Waals surface area contributed by atoms with E-state index in [0.717, 1.165) is 11.1 Å². The van der Waals surface area contributed by atoms with Crippen molar-refractivity contribution >= 4 is 57.7 Å². The van der Waals surface area contributed by atoms with Gasteiger partial charge in [0.05, 0.1) is 4.91 Å². The molecule has 0 saturated carbocycles. The highest BCUT2D eigenvalue weighted by molar-refractivity contribution is 8.26. The molecule has 1 N–H and O–H groups in total. The number of rotatable bonds is 6. The molecule has 1 aliphatic rings. The lowest BCUT2D eigenvalue weighted by Crippen LogP contribution is -2.31. The lowest BCUT2D eigenvalue weighted by atomic mass is 10.1. The summed E-state index contributed by atoms with van der Waals surface area (Å²) in [6.45, 7) is 3.71. The number of carbonyl (C=O) groups excluding carboxylic acids is 3. The number of hydrogen-bond acceptors (Lipinski definition) is 5. The monoisotopic (exact) mass is 424 g/mol. The first-order valence-electron chi connectivity index (χ1n) is 9.06. The molecule has 2 aromatic carbocycles. The third-order valence-corrected chi connectivity index (χ3v) is 5.76. The summed E-state index contributed by atoms with van der Waals surface area (Å²) in [7, 11) is 0. The quantitative estimate of drug-likeness (QED) is 0.422. The van der Waals surface area contributed by atoms with E-state index in [-0.39, 0.29) is 30.6 Å². The normalized spacial score (nSPS) is 15.1. The van der Waals surface area contributed by atoms with Crippen molar-refractivity contribution in [2.45, 2.75) is 20.3 Å². The van der Waals surface area contributed by atoms with Crippen molar-refractivity contribution in [3.05, 3.63) is 70.1 Å². The van der Waals surface area contributed by atoms with Gasteiger partial charge in [-0.2, -0.15) is 0 Å². The van der Waals surface area contributed by atoms with Crippen LogP contribution in [0.1, 0.15) is 34.8 Å². The van der Waals surface area contributed by atoms with Crippen molar-refractivity contribution in [1.29, 1.82) is 0 Å². The van der Waals surface area contributed by atoms with Crippen LogP contribution in [0.2, 0.25) is 0 Å². The van der Waals surface area contributed by atoms with Crippen LogP contribution < -0.4 is 5.32 Å². The Morgan fingerprint density at radius 3 is 2.38 bits per heavy atom. The standard InChI is InChI=1S/C22H20N2O3S2/c1-14-3-5-16(6-4-14)13-19-21(27)24(22(28)29-19)12-11-20(26)23-18-9-7-17(8-10-18)15(2)25/h3-10,13H,11-12H2,1-2H3,(H,23,26)/b19-13+. The zero-order valence-electron chi connectivity index (χ0n) is 16.1. The molecule has 1 aliphatic heterocycles. The first-order valence-corrected chi connectivity index (χ1v) is 10.3. The molecular weight excluding hydrogens is 404 g/mol. The van der Waals surface area contributed by atoms with E-state index in [0.29, 0.717) is 20.5 Å². The van der Waals surface area contributed by atoms with Crippen molar-refractivity contribution in [3.8, 4) is 0 Å². The van der Waals surface area contributed by atoms with Crippen LogP contribution in [0.5, 0.6) is 0 Å². The minimum Gasteiger partial charge on any atom is -0.326 e. The SMILES string of the molecule is CC(=O)c1ccc(NC(=O)CCN2C(=O)/C(=C\c3ccc(C)cc3)SC2=S)cc1. The van der Waals surface area contributed by atoms with Crippen LogP contribution in [0.4, 0.5) is 5.69 Å². The summed E-state index contributed by atoms with van der Waals surface area (Å²) in [6.07, 6.45) is 1.94. The summed E-state index contributed by atoms with van der Waals surface area (Å²) in [6, 6.07) is 14.6. The van der Waals surface area contributed by atoms with Crippen LogP contribution in [0.25, 0.3) is 6.08 Å². The van der Waals surface area contributed by atoms with E-state index in [1.54, 1.807) is 24.3 Å². The molecule has 0 spiro atoms. The number of benzene rings is 2. The highest BCUT2D eigenvalue weighted by Gasteiger charge is 2.32. The van der Waals surface area contributed by atoms with Gasteiger partial charge in [-0.15, -0.1) is 0 Å². The number of thioether (sulfide) groups is 1. The molecule has 0 aromatic heterocycles. The molecule has 148 valence electrons. The van der Waals surface area contributed by atoms with Crippen molar-refractivity contribution in [3.63, 3.8) is 0 Å². The minimum atomic E-state index is -0.225. The molecule has 0 aliphatic carbocycles. The van der Waals surface area contributed by atoms with Gasteiger partial charge in [0, 0.05) is 24.2 Å². The van der Waals surface area contributed by atoms with Gasteiger partial charge < -0.3 is 5.32 Å². The molecule has 0 bridgehead atoms. The Morgan fingerprint density at radius 2 is 1.76 bits per heavy atom. The Hall–Kier alpha value is -2.77. The molecule has 1 saturated heterocycles. The second-order valence-corrected chi connectivity index (χ2v) is 8.35. The van der Waals surface area contributed by atoms with Gasteiger partial charge in [0.1, 0.15) is 4.32 Å². The van der Waals surface area contributed by atoms with Gasteiger partial charge in [-0.25, -0.2) is 0 Å². The third-order valence-electron chi connectivity index (χ3n) is 4.39. The second-order valence-electron chi connectivity index (χ2n) is 6.68. The molecule has 1 fully saturated rings. The number of ketones is 1. The predicted molar refractivity (Wildman–Crippen MR) is 121 cm³/mol. The van der Waals surface area contributed by atoms with Gasteiger partial charge in [0.2, 0.25) is 5.91 Å². The van der Waals surface area contributed by atoms with Crippen molar-refractivity contribution in [2.24, 2.45) is 0 Å². The topological polar surface area (TPSA) is 66.5 Å². The number of thiocarbonyl (C=S) groups is 1. The molecule has 0 unspecified atom stereocenters. The molecule has 3 rings (SSSR count). The minimum absolute atomic E-state index is 0.0315. The zero-order chi connectivity index (χ0) is 21.0. The van der Waals surface area contributed by atoms with Gasteiger partial charge in [0.25, 0.3) is 5.91 Å². The molecular formula is C22H20N2O3S2. The third kappa shape index (κ3) is 5.40. The van der Waals surface area contributed by atoms with Crippen LogP contribution in [0.15, 0.2) is 53.4 Å². The van der Waals surface area contributed by atoms with E-state index < -0.39 is 0 Å². The number of anilines is 1. The van der Waals surface area contributed by atoms with Crippen molar-refractivity contribution in [1.82, 2.24) is 4.90 Å². The van der Waals surface area contributed by atoms with E-state index in [4.69, 9.17) is 12.2 Å². The number of carbonyl (C=O) groups is 3. The highest BCUT2D eigenvalue weighted by atomic mass is 32.2. The highest BCUT2D eigenvalue weighted by Crippen LogP contribution is 2.32. The molecule has 29 heavy (non-hydrogen) atoms. The molecule has 0 atom stereocenters. The zero-order valence-corrected chi connectivity index (χ0v) is 17.7. The van der Waals surface area contributed by atoms with Crippen LogP contribution in [0, 0.1) is 6.92 Å². The average molecular weight is 425 g/mol.